The molecule has 1 atom stereocenters. The molecule has 1 amide bonds. The Balaban J connectivity index is 0.00000156. The monoisotopic (exact) mass is 387 g/mol. The summed E-state index contributed by atoms with van der Waals surface area (Å²) in [5.41, 5.74) is 8.33. The molecule has 1 heterocycles. The molecular weight excluding hydrogens is 357 g/mol. The highest BCUT2D eigenvalue weighted by Gasteiger charge is 2.28. The summed E-state index contributed by atoms with van der Waals surface area (Å²) in [6.45, 7) is 5.81. The second-order valence-electron chi connectivity index (χ2n) is 7.04. The van der Waals surface area contributed by atoms with E-state index in [4.69, 9.17) is 5.73 Å². The van der Waals surface area contributed by atoms with Crippen molar-refractivity contribution < 1.29 is 4.79 Å². The van der Waals surface area contributed by atoms with E-state index in [-0.39, 0.29) is 30.7 Å². The van der Waals surface area contributed by atoms with Crippen molar-refractivity contribution in [2.45, 2.75) is 51.1 Å². The molecule has 1 saturated heterocycles. The van der Waals surface area contributed by atoms with Gasteiger partial charge in [-0.1, -0.05) is 42.7 Å². The Morgan fingerprint density at radius 1 is 1.00 bits per heavy atom. The van der Waals surface area contributed by atoms with E-state index < -0.39 is 6.04 Å². The second kappa shape index (κ2) is 10.4. The van der Waals surface area contributed by atoms with E-state index in [1.54, 1.807) is 0 Å². The van der Waals surface area contributed by atoms with Crippen LogP contribution in [0, 0.1) is 6.92 Å². The summed E-state index contributed by atoms with van der Waals surface area (Å²) >= 11 is 0. The van der Waals surface area contributed by atoms with Crippen molar-refractivity contribution in [2.75, 3.05) is 26.2 Å². The summed E-state index contributed by atoms with van der Waals surface area (Å²) in [4.78, 5) is 17.3. The number of benzene rings is 1. The van der Waals surface area contributed by atoms with Gasteiger partial charge in [0.1, 0.15) is 6.04 Å². The predicted octanol–water partition coefficient (Wildman–Crippen LogP) is 3.32. The minimum Gasteiger partial charge on any atom is -0.340 e. The lowest BCUT2D eigenvalue weighted by Gasteiger charge is -2.28. The smallest absolute Gasteiger partial charge is 0.244 e. The highest BCUT2D eigenvalue weighted by molar-refractivity contribution is 5.85. The van der Waals surface area contributed by atoms with E-state index >= 15 is 0 Å². The number of hydrogen-bond acceptors (Lipinski definition) is 3. The van der Waals surface area contributed by atoms with Gasteiger partial charge in [0.15, 0.2) is 0 Å². The van der Waals surface area contributed by atoms with E-state index in [0.717, 1.165) is 44.2 Å². The van der Waals surface area contributed by atoms with Crippen LogP contribution in [0.2, 0.25) is 0 Å². The van der Waals surface area contributed by atoms with Crippen LogP contribution in [0.25, 0.3) is 0 Å². The number of rotatable bonds is 3. The topological polar surface area (TPSA) is 49.6 Å². The van der Waals surface area contributed by atoms with Gasteiger partial charge in [-0.25, -0.2) is 0 Å². The molecule has 1 aliphatic heterocycles. The number of hydrogen-bond donors (Lipinski definition) is 1. The molecule has 0 aromatic heterocycles. The first-order chi connectivity index (χ1) is 11.1. The molecule has 1 saturated carbocycles. The molecule has 2 fully saturated rings. The van der Waals surface area contributed by atoms with Gasteiger partial charge in [0.05, 0.1) is 0 Å². The van der Waals surface area contributed by atoms with Crippen molar-refractivity contribution in [1.82, 2.24) is 9.80 Å². The second-order valence-corrected chi connectivity index (χ2v) is 7.04. The van der Waals surface area contributed by atoms with E-state index in [0.29, 0.717) is 0 Å². The largest absolute Gasteiger partial charge is 0.340 e. The molecule has 4 nitrogen and oxygen atoms in total. The Morgan fingerprint density at radius 2 is 1.64 bits per heavy atom. The van der Waals surface area contributed by atoms with Crippen molar-refractivity contribution in [3.8, 4) is 0 Å². The van der Waals surface area contributed by atoms with Gasteiger partial charge in [-0.2, -0.15) is 0 Å². The summed E-state index contributed by atoms with van der Waals surface area (Å²) in [7, 11) is 0. The number of carbonyl (C=O) groups excluding carboxylic acids is 1. The molecule has 2 aliphatic rings. The van der Waals surface area contributed by atoms with Gasteiger partial charge >= 0.3 is 0 Å². The normalized spacial score (nSPS) is 20.3. The molecule has 1 aliphatic carbocycles. The number of halogens is 2. The summed E-state index contributed by atoms with van der Waals surface area (Å²) in [6, 6.07) is 8.20. The van der Waals surface area contributed by atoms with E-state index in [1.165, 1.54) is 31.2 Å². The number of nitrogens with zero attached hydrogens (tertiary/aromatic N) is 2. The van der Waals surface area contributed by atoms with Crippen LogP contribution in [-0.2, 0) is 4.79 Å². The van der Waals surface area contributed by atoms with Crippen molar-refractivity contribution in [2.24, 2.45) is 5.73 Å². The number of amides is 1. The van der Waals surface area contributed by atoms with Crippen LogP contribution in [0.15, 0.2) is 24.3 Å². The van der Waals surface area contributed by atoms with Crippen molar-refractivity contribution in [1.29, 1.82) is 0 Å². The summed E-state index contributed by atoms with van der Waals surface area (Å²) < 4.78 is 0. The van der Waals surface area contributed by atoms with Crippen LogP contribution in [0.4, 0.5) is 0 Å². The van der Waals surface area contributed by atoms with Crippen LogP contribution in [0.5, 0.6) is 0 Å². The number of nitrogens with two attached hydrogens (primary N) is 1. The van der Waals surface area contributed by atoms with Crippen LogP contribution in [0.1, 0.15) is 49.3 Å². The Labute approximate surface area is 163 Å². The lowest BCUT2D eigenvalue weighted by molar-refractivity contribution is -0.132. The Morgan fingerprint density at radius 3 is 2.28 bits per heavy atom. The van der Waals surface area contributed by atoms with Gasteiger partial charge in [-0.15, -0.1) is 24.8 Å². The van der Waals surface area contributed by atoms with Gasteiger partial charge in [-0.3, -0.25) is 9.69 Å². The molecule has 142 valence electrons. The molecule has 1 aromatic rings. The first-order valence-electron chi connectivity index (χ1n) is 9.00. The molecule has 1 aromatic carbocycles. The lowest BCUT2D eigenvalue weighted by Crippen LogP contribution is -2.42. The third kappa shape index (κ3) is 5.58. The molecule has 0 bridgehead atoms. The third-order valence-electron chi connectivity index (χ3n) is 5.39. The highest BCUT2D eigenvalue weighted by Crippen LogP contribution is 2.25. The molecule has 6 heteroatoms. The number of aryl methyl sites for hydroxylation is 1. The maximum atomic E-state index is 12.7. The van der Waals surface area contributed by atoms with E-state index in [1.807, 2.05) is 36.1 Å². The van der Waals surface area contributed by atoms with Crippen molar-refractivity contribution in [3.63, 3.8) is 0 Å². The average molecular weight is 388 g/mol. The Hall–Kier alpha value is -0.810. The minimum atomic E-state index is -0.534. The quantitative estimate of drug-likeness (QED) is 0.864. The molecule has 0 spiro atoms. The number of carbonyl (C=O) groups is 1. The van der Waals surface area contributed by atoms with Gasteiger partial charge in [0.2, 0.25) is 5.91 Å². The first kappa shape index (κ1) is 22.2. The SMILES string of the molecule is Cc1ccc(C(N)C(=O)N2CCCN(C3CCCC3)CC2)cc1.Cl.Cl. The third-order valence-corrected chi connectivity index (χ3v) is 5.39. The van der Waals surface area contributed by atoms with Gasteiger partial charge in [-0.05, 0) is 31.7 Å². The molecule has 1 unspecified atom stereocenters. The van der Waals surface area contributed by atoms with Gasteiger partial charge < -0.3 is 10.6 Å². The maximum absolute atomic E-state index is 12.7. The minimum absolute atomic E-state index is 0. The predicted molar refractivity (Wildman–Crippen MR) is 108 cm³/mol. The Kier molecular flexibility index (Phi) is 9.22. The Bertz CT molecular complexity index is 532. The van der Waals surface area contributed by atoms with E-state index in [9.17, 15) is 4.79 Å². The summed E-state index contributed by atoms with van der Waals surface area (Å²) in [6.07, 6.45) is 6.45. The van der Waals surface area contributed by atoms with Crippen LogP contribution in [-0.4, -0.2) is 47.9 Å². The lowest BCUT2D eigenvalue weighted by atomic mass is 10.0. The van der Waals surface area contributed by atoms with Crippen molar-refractivity contribution in [3.05, 3.63) is 35.4 Å². The van der Waals surface area contributed by atoms with Gasteiger partial charge in [0.25, 0.3) is 0 Å². The zero-order valence-electron chi connectivity index (χ0n) is 15.0. The fourth-order valence-electron chi connectivity index (χ4n) is 3.91. The highest BCUT2D eigenvalue weighted by atomic mass is 35.5. The molecular formula is C19H31Cl2N3O. The standard InChI is InChI=1S/C19H29N3O.2ClH/c1-15-7-9-16(10-8-15)18(20)19(23)22-12-4-11-21(13-14-22)17-5-2-3-6-17;;/h7-10,17-18H,2-6,11-14,20H2,1H3;2*1H. The van der Waals surface area contributed by atoms with Crippen LogP contribution < -0.4 is 5.73 Å². The van der Waals surface area contributed by atoms with Crippen molar-refractivity contribution >= 4 is 30.7 Å². The van der Waals surface area contributed by atoms with E-state index in [2.05, 4.69) is 4.90 Å². The molecule has 0 radical (unpaired) electrons. The molecule has 3 rings (SSSR count). The maximum Gasteiger partial charge on any atom is 0.244 e. The van der Waals surface area contributed by atoms with Crippen LogP contribution in [0.3, 0.4) is 0 Å². The zero-order valence-corrected chi connectivity index (χ0v) is 16.7. The fraction of sp³-hybridized carbons (Fsp3) is 0.632. The first-order valence-corrected chi connectivity index (χ1v) is 9.00. The average Bonchev–Trinajstić information content (AvgIpc) is 2.99. The van der Waals surface area contributed by atoms with Gasteiger partial charge in [0, 0.05) is 32.2 Å². The summed E-state index contributed by atoms with van der Waals surface area (Å²) in [5, 5.41) is 0. The molecule has 2 N–H and O–H groups in total. The zero-order chi connectivity index (χ0) is 16.2. The summed E-state index contributed by atoms with van der Waals surface area (Å²) in [5.74, 6) is 0.0714. The fourth-order valence-corrected chi connectivity index (χ4v) is 3.91. The van der Waals surface area contributed by atoms with Crippen LogP contribution >= 0.6 is 24.8 Å². The molecule has 25 heavy (non-hydrogen) atoms.